The number of benzene rings is 1. The van der Waals surface area contributed by atoms with E-state index >= 15 is 0 Å². The fraction of sp³-hybridized carbons (Fsp3) is 0.571. The fourth-order valence-corrected chi connectivity index (χ4v) is 2.54. The summed E-state index contributed by atoms with van der Waals surface area (Å²) < 4.78 is 5.38. The Hall–Kier alpha value is -0.670. The minimum absolute atomic E-state index is 0.329. The lowest BCUT2D eigenvalue weighted by Gasteiger charge is -2.19. The monoisotopic (exact) mass is 253 g/mol. The van der Waals surface area contributed by atoms with Crippen molar-refractivity contribution in [2.24, 2.45) is 5.92 Å². The second kappa shape index (κ2) is 7.62. The van der Waals surface area contributed by atoms with Crippen molar-refractivity contribution in [3.8, 4) is 5.75 Å². The van der Waals surface area contributed by atoms with Crippen LogP contribution in [0.2, 0.25) is 0 Å². The van der Waals surface area contributed by atoms with E-state index < -0.39 is 0 Å². The number of thioether (sulfide) groups is 1. The van der Waals surface area contributed by atoms with Crippen LogP contribution in [0.5, 0.6) is 5.75 Å². The molecule has 0 saturated carbocycles. The molecule has 0 saturated heterocycles. The number of methoxy groups -OCH3 is 1. The van der Waals surface area contributed by atoms with Gasteiger partial charge in [-0.05, 0) is 37.5 Å². The van der Waals surface area contributed by atoms with E-state index in [2.05, 4.69) is 37.6 Å². The Kier molecular flexibility index (Phi) is 6.45. The molecule has 2 unspecified atom stereocenters. The Bertz CT molecular complexity index is 330. The lowest BCUT2D eigenvalue weighted by atomic mass is 10.1. The van der Waals surface area contributed by atoms with E-state index in [-0.39, 0.29) is 0 Å². The first-order valence-electron chi connectivity index (χ1n) is 6.04. The molecule has 1 N–H and O–H groups in total. The minimum atomic E-state index is 0.329. The molecular formula is C14H23NOS. The molecule has 96 valence electrons. The Morgan fingerprint density at radius 1 is 1.29 bits per heavy atom. The van der Waals surface area contributed by atoms with Gasteiger partial charge < -0.3 is 10.1 Å². The van der Waals surface area contributed by atoms with E-state index in [9.17, 15) is 0 Å². The van der Waals surface area contributed by atoms with Crippen molar-refractivity contribution < 1.29 is 4.74 Å². The average Bonchev–Trinajstić information content (AvgIpc) is 2.36. The van der Waals surface area contributed by atoms with Crippen LogP contribution in [0.25, 0.3) is 0 Å². The van der Waals surface area contributed by atoms with Crippen molar-refractivity contribution in [3.63, 3.8) is 0 Å². The first-order valence-corrected chi connectivity index (χ1v) is 7.43. The predicted molar refractivity (Wildman–Crippen MR) is 77.0 cm³/mol. The SMILES string of the molecule is COc1ccccc1C(C)NCC(C)CSC. The lowest BCUT2D eigenvalue weighted by molar-refractivity contribution is 0.399. The molecule has 0 bridgehead atoms. The van der Waals surface area contributed by atoms with Crippen LogP contribution >= 0.6 is 11.8 Å². The van der Waals surface area contributed by atoms with Gasteiger partial charge in [0.25, 0.3) is 0 Å². The van der Waals surface area contributed by atoms with Gasteiger partial charge in [0.2, 0.25) is 0 Å². The van der Waals surface area contributed by atoms with Gasteiger partial charge in [0.1, 0.15) is 5.75 Å². The zero-order valence-corrected chi connectivity index (χ0v) is 12.0. The number of ether oxygens (including phenoxy) is 1. The Balaban J connectivity index is 2.54. The highest BCUT2D eigenvalue weighted by Gasteiger charge is 2.11. The third kappa shape index (κ3) is 4.60. The van der Waals surface area contributed by atoms with Gasteiger partial charge in [-0.3, -0.25) is 0 Å². The van der Waals surface area contributed by atoms with E-state index in [0.717, 1.165) is 12.3 Å². The summed E-state index contributed by atoms with van der Waals surface area (Å²) in [7, 11) is 1.72. The molecule has 0 radical (unpaired) electrons. The Morgan fingerprint density at radius 3 is 2.65 bits per heavy atom. The van der Waals surface area contributed by atoms with Gasteiger partial charge in [-0.1, -0.05) is 25.1 Å². The highest BCUT2D eigenvalue weighted by molar-refractivity contribution is 7.98. The highest BCUT2D eigenvalue weighted by atomic mass is 32.2. The van der Waals surface area contributed by atoms with Crippen LogP contribution < -0.4 is 10.1 Å². The molecule has 0 fully saturated rings. The van der Waals surface area contributed by atoms with E-state index in [0.29, 0.717) is 12.0 Å². The van der Waals surface area contributed by atoms with Crippen LogP contribution in [0.1, 0.15) is 25.5 Å². The topological polar surface area (TPSA) is 21.3 Å². The number of hydrogen-bond acceptors (Lipinski definition) is 3. The van der Waals surface area contributed by atoms with Crippen LogP contribution in [0, 0.1) is 5.92 Å². The van der Waals surface area contributed by atoms with Gasteiger partial charge in [0, 0.05) is 11.6 Å². The summed E-state index contributed by atoms with van der Waals surface area (Å²) in [6.45, 7) is 5.50. The van der Waals surface area contributed by atoms with Crippen molar-refractivity contribution in [1.82, 2.24) is 5.32 Å². The standard InChI is InChI=1S/C14H23NOS/c1-11(10-17-4)9-15-12(2)13-7-5-6-8-14(13)16-3/h5-8,11-12,15H,9-10H2,1-4H3. The number of para-hydroxylation sites is 1. The van der Waals surface area contributed by atoms with Gasteiger partial charge >= 0.3 is 0 Å². The van der Waals surface area contributed by atoms with Crippen molar-refractivity contribution >= 4 is 11.8 Å². The van der Waals surface area contributed by atoms with Crippen molar-refractivity contribution in [2.75, 3.05) is 25.7 Å². The molecule has 0 aliphatic rings. The molecule has 1 aromatic rings. The Morgan fingerprint density at radius 2 is 2.00 bits per heavy atom. The van der Waals surface area contributed by atoms with E-state index in [1.165, 1.54) is 11.3 Å². The normalized spacial score (nSPS) is 14.4. The molecule has 0 spiro atoms. The first kappa shape index (κ1) is 14.4. The van der Waals surface area contributed by atoms with Crippen molar-refractivity contribution in [1.29, 1.82) is 0 Å². The molecule has 17 heavy (non-hydrogen) atoms. The van der Waals surface area contributed by atoms with Crippen LogP contribution in [0.4, 0.5) is 0 Å². The maximum Gasteiger partial charge on any atom is 0.123 e. The summed E-state index contributed by atoms with van der Waals surface area (Å²) in [5, 5.41) is 3.56. The molecule has 0 heterocycles. The van der Waals surface area contributed by atoms with Gasteiger partial charge in [-0.15, -0.1) is 0 Å². The number of hydrogen-bond donors (Lipinski definition) is 1. The first-order chi connectivity index (χ1) is 8.19. The quantitative estimate of drug-likeness (QED) is 0.805. The molecule has 2 atom stereocenters. The Labute approximate surface area is 109 Å². The summed E-state index contributed by atoms with van der Waals surface area (Å²) in [6.07, 6.45) is 2.15. The van der Waals surface area contributed by atoms with Gasteiger partial charge in [-0.25, -0.2) is 0 Å². The van der Waals surface area contributed by atoms with E-state index in [1.54, 1.807) is 7.11 Å². The van der Waals surface area contributed by atoms with Crippen molar-refractivity contribution in [3.05, 3.63) is 29.8 Å². The summed E-state index contributed by atoms with van der Waals surface area (Å²) in [6, 6.07) is 8.52. The molecular weight excluding hydrogens is 230 g/mol. The van der Waals surface area contributed by atoms with Crippen LogP contribution in [0.3, 0.4) is 0 Å². The van der Waals surface area contributed by atoms with E-state index in [4.69, 9.17) is 4.74 Å². The van der Waals surface area contributed by atoms with Crippen LogP contribution in [0.15, 0.2) is 24.3 Å². The molecule has 0 aromatic heterocycles. The second-order valence-corrected chi connectivity index (χ2v) is 5.34. The van der Waals surface area contributed by atoms with Gasteiger partial charge in [0.05, 0.1) is 7.11 Å². The fourth-order valence-electron chi connectivity index (χ4n) is 1.86. The summed E-state index contributed by atoms with van der Waals surface area (Å²) in [5.41, 5.74) is 1.23. The summed E-state index contributed by atoms with van der Waals surface area (Å²) in [4.78, 5) is 0. The lowest BCUT2D eigenvalue weighted by Crippen LogP contribution is -2.25. The average molecular weight is 253 g/mol. The van der Waals surface area contributed by atoms with E-state index in [1.807, 2.05) is 23.9 Å². The van der Waals surface area contributed by atoms with Crippen LogP contribution in [-0.2, 0) is 0 Å². The number of rotatable bonds is 7. The molecule has 1 rings (SSSR count). The van der Waals surface area contributed by atoms with Gasteiger partial charge in [-0.2, -0.15) is 11.8 Å². The second-order valence-electron chi connectivity index (χ2n) is 4.43. The zero-order chi connectivity index (χ0) is 12.7. The smallest absolute Gasteiger partial charge is 0.123 e. The molecule has 2 nitrogen and oxygen atoms in total. The largest absolute Gasteiger partial charge is 0.496 e. The maximum absolute atomic E-state index is 5.38. The zero-order valence-electron chi connectivity index (χ0n) is 11.2. The predicted octanol–water partition coefficient (Wildman–Crippen LogP) is 3.34. The third-order valence-electron chi connectivity index (χ3n) is 2.83. The van der Waals surface area contributed by atoms with Gasteiger partial charge in [0.15, 0.2) is 0 Å². The molecule has 1 aromatic carbocycles. The molecule has 0 aliphatic carbocycles. The third-order valence-corrected chi connectivity index (χ3v) is 3.73. The summed E-state index contributed by atoms with van der Waals surface area (Å²) >= 11 is 1.90. The maximum atomic E-state index is 5.38. The van der Waals surface area contributed by atoms with Crippen LogP contribution in [-0.4, -0.2) is 25.7 Å². The molecule has 3 heteroatoms. The minimum Gasteiger partial charge on any atom is -0.496 e. The van der Waals surface area contributed by atoms with Crippen molar-refractivity contribution in [2.45, 2.75) is 19.9 Å². The molecule has 0 amide bonds. The number of nitrogens with one attached hydrogen (secondary N) is 1. The summed E-state index contributed by atoms with van der Waals surface area (Å²) in [5.74, 6) is 2.86. The molecule has 0 aliphatic heterocycles. The highest BCUT2D eigenvalue weighted by Crippen LogP contribution is 2.24.